The smallest absolute Gasteiger partial charge is 0.159 e. The second-order valence-corrected chi connectivity index (χ2v) is 9.50. The van der Waals surface area contributed by atoms with Gasteiger partial charge in [-0.3, -0.25) is 0 Å². The van der Waals surface area contributed by atoms with E-state index in [1.807, 2.05) is 12.1 Å². The van der Waals surface area contributed by atoms with Gasteiger partial charge in [-0.15, -0.1) is 0 Å². The molecule has 0 saturated carbocycles. The minimum atomic E-state index is 0.555. The van der Waals surface area contributed by atoms with Crippen LogP contribution in [0.2, 0.25) is 0 Å². The van der Waals surface area contributed by atoms with Gasteiger partial charge in [-0.2, -0.15) is 0 Å². The van der Waals surface area contributed by atoms with E-state index in [0.717, 1.165) is 71.0 Å². The van der Waals surface area contributed by atoms with Crippen LogP contribution in [0.4, 0.5) is 0 Å². The Bertz CT molecular complexity index is 1320. The van der Waals surface area contributed by atoms with E-state index in [1.54, 1.807) is 0 Å². The summed E-state index contributed by atoms with van der Waals surface area (Å²) in [6.45, 7) is 10.9. The summed E-state index contributed by atoms with van der Waals surface area (Å²) in [6, 6.07) is 23.0. The van der Waals surface area contributed by atoms with Crippen LogP contribution < -0.4 is 0 Å². The maximum absolute atomic E-state index is 5.12. The van der Waals surface area contributed by atoms with E-state index < -0.39 is 0 Å². The lowest BCUT2D eigenvalue weighted by molar-refractivity contribution is 0.478. The highest BCUT2D eigenvalue weighted by Gasteiger charge is 2.19. The molecule has 0 radical (unpaired) electrons. The van der Waals surface area contributed by atoms with Crippen molar-refractivity contribution in [2.24, 2.45) is 11.8 Å². The quantitative estimate of drug-likeness (QED) is 0.250. The van der Waals surface area contributed by atoms with Crippen molar-refractivity contribution in [3.8, 4) is 23.0 Å². The van der Waals surface area contributed by atoms with Crippen molar-refractivity contribution < 1.29 is 0 Å². The van der Waals surface area contributed by atoms with Crippen LogP contribution in [0, 0.1) is 11.8 Å². The molecule has 34 heavy (non-hydrogen) atoms. The zero-order valence-corrected chi connectivity index (χ0v) is 20.6. The van der Waals surface area contributed by atoms with Crippen LogP contribution in [-0.4, -0.2) is 24.1 Å². The lowest BCUT2D eigenvalue weighted by Crippen LogP contribution is -2.10. The summed E-state index contributed by atoms with van der Waals surface area (Å²) in [5, 5.41) is 0. The van der Waals surface area contributed by atoms with Crippen molar-refractivity contribution >= 4 is 22.1 Å². The molecule has 2 aromatic carbocycles. The molecule has 5 rings (SSSR count). The molecule has 3 aromatic heterocycles. The Morgan fingerprint density at radius 3 is 1.47 bits per heavy atom. The minimum Gasteiger partial charge on any atom is -0.322 e. The SMILES string of the molecule is CC[C@H](C)Cn1c(-c2cccc(-c3nc4ccccc4n3C[C@@H](C)CC)n2)nc2ccccc21. The molecule has 0 aliphatic carbocycles. The van der Waals surface area contributed by atoms with Crippen molar-refractivity contribution in [2.45, 2.75) is 53.6 Å². The Balaban J connectivity index is 1.65. The van der Waals surface area contributed by atoms with Crippen LogP contribution >= 0.6 is 0 Å². The van der Waals surface area contributed by atoms with Crippen LogP contribution in [0.1, 0.15) is 40.5 Å². The fraction of sp³-hybridized carbons (Fsp3) is 0.345. The fourth-order valence-electron chi connectivity index (χ4n) is 4.48. The second-order valence-electron chi connectivity index (χ2n) is 9.50. The number of fused-ring (bicyclic) bond motifs is 2. The maximum Gasteiger partial charge on any atom is 0.159 e. The third kappa shape index (κ3) is 4.11. The Morgan fingerprint density at radius 1 is 0.588 bits per heavy atom. The summed E-state index contributed by atoms with van der Waals surface area (Å²) in [6.07, 6.45) is 2.25. The van der Waals surface area contributed by atoms with Crippen LogP contribution in [0.5, 0.6) is 0 Å². The lowest BCUT2D eigenvalue weighted by Gasteiger charge is -2.15. The predicted octanol–water partition coefficient (Wildman–Crippen LogP) is 7.21. The second kappa shape index (κ2) is 9.41. The first-order valence-electron chi connectivity index (χ1n) is 12.5. The molecule has 2 atom stereocenters. The zero-order chi connectivity index (χ0) is 23.7. The molecule has 5 heteroatoms. The minimum absolute atomic E-state index is 0.555. The van der Waals surface area contributed by atoms with E-state index in [0.29, 0.717) is 11.8 Å². The highest BCUT2D eigenvalue weighted by Crippen LogP contribution is 2.29. The van der Waals surface area contributed by atoms with Gasteiger partial charge in [-0.05, 0) is 48.2 Å². The van der Waals surface area contributed by atoms with Crippen molar-refractivity contribution in [3.63, 3.8) is 0 Å². The van der Waals surface area contributed by atoms with E-state index in [4.69, 9.17) is 15.0 Å². The average molecular weight is 452 g/mol. The van der Waals surface area contributed by atoms with Crippen LogP contribution in [0.25, 0.3) is 45.1 Å². The highest BCUT2D eigenvalue weighted by molar-refractivity contribution is 5.82. The highest BCUT2D eigenvalue weighted by atomic mass is 15.1. The monoisotopic (exact) mass is 451 g/mol. The summed E-state index contributed by atoms with van der Waals surface area (Å²) in [5.41, 5.74) is 6.12. The van der Waals surface area contributed by atoms with Crippen molar-refractivity contribution in [3.05, 3.63) is 66.7 Å². The first-order chi connectivity index (χ1) is 16.6. The van der Waals surface area contributed by atoms with Gasteiger partial charge in [0.05, 0.1) is 22.1 Å². The summed E-state index contributed by atoms with van der Waals surface area (Å²) >= 11 is 0. The van der Waals surface area contributed by atoms with Crippen molar-refractivity contribution in [1.82, 2.24) is 24.1 Å². The molecule has 0 aliphatic heterocycles. The van der Waals surface area contributed by atoms with Gasteiger partial charge in [0.25, 0.3) is 0 Å². The summed E-state index contributed by atoms with van der Waals surface area (Å²) < 4.78 is 4.66. The van der Waals surface area contributed by atoms with Crippen molar-refractivity contribution in [2.75, 3.05) is 0 Å². The van der Waals surface area contributed by atoms with Crippen LogP contribution in [0.15, 0.2) is 66.7 Å². The molecule has 0 amide bonds. The molecule has 3 heterocycles. The van der Waals surface area contributed by atoms with Gasteiger partial charge < -0.3 is 9.13 Å². The van der Waals surface area contributed by atoms with Crippen molar-refractivity contribution in [1.29, 1.82) is 0 Å². The molecule has 0 saturated heterocycles. The molecule has 0 bridgehead atoms. The third-order valence-corrected chi connectivity index (χ3v) is 6.90. The standard InChI is InChI=1S/C29H33N5/c1-5-20(3)18-33-26-16-9-7-12-22(26)31-28(33)24-14-11-15-25(30-24)29-32-23-13-8-10-17-27(23)34(29)19-21(4)6-2/h7-17,20-21H,5-6,18-19H2,1-4H3/t20-,21-/m0/s1. The molecule has 0 unspecified atom stereocenters. The summed E-state index contributed by atoms with van der Waals surface area (Å²) in [4.78, 5) is 15.1. The number of rotatable bonds is 8. The number of hydrogen-bond acceptors (Lipinski definition) is 3. The average Bonchev–Trinajstić information content (AvgIpc) is 3.42. The molecule has 174 valence electrons. The number of pyridine rings is 1. The van der Waals surface area contributed by atoms with Gasteiger partial charge in [-0.25, -0.2) is 15.0 Å². The Hall–Kier alpha value is -3.47. The number of nitrogens with zero attached hydrogens (tertiary/aromatic N) is 5. The predicted molar refractivity (Wildman–Crippen MR) is 141 cm³/mol. The van der Waals surface area contributed by atoms with Gasteiger partial charge in [0.15, 0.2) is 11.6 Å². The summed E-state index contributed by atoms with van der Waals surface area (Å²) in [5.74, 6) is 2.96. The number of hydrogen-bond donors (Lipinski definition) is 0. The summed E-state index contributed by atoms with van der Waals surface area (Å²) in [7, 11) is 0. The fourth-order valence-corrected chi connectivity index (χ4v) is 4.48. The van der Waals surface area contributed by atoms with Gasteiger partial charge >= 0.3 is 0 Å². The first kappa shape index (κ1) is 22.3. The van der Waals surface area contributed by atoms with E-state index in [2.05, 4.69) is 91.4 Å². The third-order valence-electron chi connectivity index (χ3n) is 6.90. The molecule has 5 nitrogen and oxygen atoms in total. The van der Waals surface area contributed by atoms with Gasteiger partial charge in [0.2, 0.25) is 0 Å². The lowest BCUT2D eigenvalue weighted by atomic mass is 10.1. The zero-order valence-electron chi connectivity index (χ0n) is 20.6. The molecular weight excluding hydrogens is 418 g/mol. The van der Waals surface area contributed by atoms with Crippen LogP contribution in [0.3, 0.4) is 0 Å². The maximum atomic E-state index is 5.12. The number of imidazole rings is 2. The molecule has 0 spiro atoms. The molecule has 0 fully saturated rings. The number of aromatic nitrogens is 5. The first-order valence-corrected chi connectivity index (χ1v) is 12.5. The number of benzene rings is 2. The van der Waals surface area contributed by atoms with E-state index in [9.17, 15) is 0 Å². The molecule has 0 N–H and O–H groups in total. The van der Waals surface area contributed by atoms with E-state index >= 15 is 0 Å². The van der Waals surface area contributed by atoms with Crippen LogP contribution in [-0.2, 0) is 13.1 Å². The molecule has 0 aliphatic rings. The van der Waals surface area contributed by atoms with E-state index in [1.165, 1.54) is 0 Å². The molecule has 5 aromatic rings. The van der Waals surface area contributed by atoms with E-state index in [-0.39, 0.29) is 0 Å². The van der Waals surface area contributed by atoms with Gasteiger partial charge in [0, 0.05) is 13.1 Å². The van der Waals surface area contributed by atoms with Gasteiger partial charge in [-0.1, -0.05) is 70.9 Å². The largest absolute Gasteiger partial charge is 0.322 e. The normalized spacial score (nSPS) is 13.5. The Labute approximate surface area is 201 Å². The molecular formula is C29H33N5. The topological polar surface area (TPSA) is 48.5 Å². The Morgan fingerprint density at radius 2 is 1.03 bits per heavy atom. The van der Waals surface area contributed by atoms with Gasteiger partial charge in [0.1, 0.15) is 11.4 Å². The Kier molecular flexibility index (Phi) is 6.18. The number of para-hydroxylation sites is 4.